The van der Waals surface area contributed by atoms with Gasteiger partial charge < -0.3 is 34.4 Å². The molecule has 2 atom stereocenters. The molecule has 12 nitrogen and oxygen atoms in total. The summed E-state index contributed by atoms with van der Waals surface area (Å²) in [5.74, 6) is -1.86. The molecule has 0 aliphatic carbocycles. The minimum absolute atomic E-state index is 0.105. The smallest absolute Gasteiger partial charge is 0.339 e. The number of halogens is 1. The number of amides is 1. The van der Waals surface area contributed by atoms with Gasteiger partial charge in [0, 0.05) is 66.0 Å². The normalized spacial score (nSPS) is 16.8. The average molecular weight is 630 g/mol. The van der Waals surface area contributed by atoms with Crippen molar-refractivity contribution >= 4 is 35.1 Å². The molecule has 44 heavy (non-hydrogen) atoms. The molecule has 3 aromatic rings. The SMILES string of the molecule is COc1cccc([C@H]2O[C@H](Cc3nn(CCCC(=O)O)cc3C(=O)O)C(=O)N(CC(C)(C)CO)c3ccc(Cl)cc32)c1OC. The molecule has 2 heterocycles. The zero-order valence-corrected chi connectivity index (χ0v) is 25.7. The highest BCUT2D eigenvalue weighted by molar-refractivity contribution is 6.30. The quantitative estimate of drug-likeness (QED) is 0.250. The lowest BCUT2D eigenvalue weighted by molar-refractivity contribution is -0.137. The molecule has 1 aromatic heterocycles. The van der Waals surface area contributed by atoms with E-state index in [9.17, 15) is 24.6 Å². The van der Waals surface area contributed by atoms with Crippen LogP contribution in [0, 0.1) is 5.41 Å². The predicted molar refractivity (Wildman–Crippen MR) is 161 cm³/mol. The molecule has 0 spiro atoms. The molecule has 0 saturated heterocycles. The van der Waals surface area contributed by atoms with Crippen LogP contribution in [-0.4, -0.2) is 76.4 Å². The fourth-order valence-electron chi connectivity index (χ4n) is 5.18. The van der Waals surface area contributed by atoms with E-state index >= 15 is 0 Å². The van der Waals surface area contributed by atoms with Crippen molar-refractivity contribution in [2.75, 3.05) is 32.3 Å². The number of aromatic nitrogens is 2. The van der Waals surface area contributed by atoms with Crippen LogP contribution >= 0.6 is 11.6 Å². The summed E-state index contributed by atoms with van der Waals surface area (Å²) in [6, 6.07) is 10.4. The number of aliphatic hydroxyl groups excluding tert-OH is 1. The highest BCUT2D eigenvalue weighted by Gasteiger charge is 2.40. The zero-order valence-electron chi connectivity index (χ0n) is 24.9. The van der Waals surface area contributed by atoms with Crippen LogP contribution in [0.5, 0.6) is 11.5 Å². The minimum Gasteiger partial charge on any atom is -0.493 e. The van der Waals surface area contributed by atoms with Gasteiger partial charge in [-0.3, -0.25) is 14.3 Å². The number of fused-ring (bicyclic) bond motifs is 1. The summed E-state index contributed by atoms with van der Waals surface area (Å²) in [4.78, 5) is 39.1. The van der Waals surface area contributed by atoms with E-state index in [1.165, 1.54) is 30.0 Å². The molecular formula is C31H36ClN3O9. The molecule has 0 fully saturated rings. The van der Waals surface area contributed by atoms with Gasteiger partial charge in [0.05, 0.1) is 19.9 Å². The Morgan fingerprint density at radius 3 is 2.50 bits per heavy atom. The monoisotopic (exact) mass is 629 g/mol. The van der Waals surface area contributed by atoms with Crippen LogP contribution in [0.1, 0.15) is 60.0 Å². The van der Waals surface area contributed by atoms with E-state index in [0.717, 1.165) is 0 Å². The molecule has 0 radical (unpaired) electrons. The first kappa shape index (κ1) is 32.8. The maximum absolute atomic E-state index is 14.4. The van der Waals surface area contributed by atoms with Crippen molar-refractivity contribution in [3.63, 3.8) is 0 Å². The van der Waals surface area contributed by atoms with Gasteiger partial charge in [0.25, 0.3) is 5.91 Å². The largest absolute Gasteiger partial charge is 0.493 e. The van der Waals surface area contributed by atoms with E-state index in [2.05, 4.69) is 5.10 Å². The van der Waals surface area contributed by atoms with Crippen molar-refractivity contribution in [2.45, 2.75) is 51.9 Å². The van der Waals surface area contributed by atoms with Gasteiger partial charge in [-0.15, -0.1) is 0 Å². The van der Waals surface area contributed by atoms with Crippen LogP contribution < -0.4 is 14.4 Å². The Morgan fingerprint density at radius 2 is 1.86 bits per heavy atom. The second-order valence-electron chi connectivity index (χ2n) is 11.3. The molecule has 0 bridgehead atoms. The number of carbonyl (C=O) groups is 3. The van der Waals surface area contributed by atoms with Gasteiger partial charge in [-0.05, 0) is 30.7 Å². The minimum atomic E-state index is -1.25. The number of aliphatic hydroxyl groups is 1. The number of carboxylic acid groups (broad SMARTS) is 2. The van der Waals surface area contributed by atoms with E-state index < -0.39 is 35.5 Å². The van der Waals surface area contributed by atoms with Crippen LogP contribution in [0.3, 0.4) is 0 Å². The number of hydrogen-bond acceptors (Lipinski definition) is 8. The Hall–Kier alpha value is -4.13. The lowest BCUT2D eigenvalue weighted by Crippen LogP contribution is -2.46. The molecule has 2 aromatic carbocycles. The predicted octanol–water partition coefficient (Wildman–Crippen LogP) is 4.20. The topological polar surface area (TPSA) is 161 Å². The number of aliphatic carboxylic acids is 1. The summed E-state index contributed by atoms with van der Waals surface area (Å²) in [6.45, 7) is 3.73. The lowest BCUT2D eigenvalue weighted by atomic mass is 9.92. The molecular weight excluding hydrogens is 594 g/mol. The Balaban J connectivity index is 1.86. The first-order valence-corrected chi connectivity index (χ1v) is 14.4. The summed E-state index contributed by atoms with van der Waals surface area (Å²) >= 11 is 6.48. The van der Waals surface area contributed by atoms with Crippen molar-refractivity contribution in [2.24, 2.45) is 5.41 Å². The molecule has 3 N–H and O–H groups in total. The fraction of sp³-hybridized carbons (Fsp3) is 0.419. The number of aryl methyl sites for hydroxylation is 1. The molecule has 4 rings (SSSR count). The summed E-state index contributed by atoms with van der Waals surface area (Å²) in [5.41, 5.74) is 0.895. The van der Waals surface area contributed by atoms with E-state index in [-0.39, 0.29) is 50.2 Å². The van der Waals surface area contributed by atoms with Gasteiger partial charge in [0.15, 0.2) is 11.5 Å². The van der Waals surface area contributed by atoms with E-state index in [1.807, 2.05) is 13.8 Å². The second kappa shape index (κ2) is 13.7. The molecule has 13 heteroatoms. The number of carbonyl (C=O) groups excluding carboxylic acids is 1. The number of aromatic carboxylic acids is 1. The number of benzene rings is 2. The lowest BCUT2D eigenvalue weighted by Gasteiger charge is -2.32. The van der Waals surface area contributed by atoms with Crippen molar-refractivity contribution in [1.29, 1.82) is 0 Å². The molecule has 0 unspecified atom stereocenters. The number of hydrogen-bond donors (Lipinski definition) is 3. The maximum atomic E-state index is 14.4. The number of anilines is 1. The summed E-state index contributed by atoms with van der Waals surface area (Å²) in [5, 5.41) is 33.9. The molecule has 1 aliphatic rings. The standard InChI is InChI=1S/C31H36ClN3O9/c1-31(2,17-36)16-35-23-11-10-18(32)13-20(23)27(19-7-5-8-24(42-3)28(19)43-4)44-25(29(35)39)14-22-21(30(40)41)15-34(33-22)12-6-9-26(37)38/h5,7-8,10-11,13,15,25,27,36H,6,9,12,14,16-17H2,1-4H3,(H,37,38)(H,40,41)/t25-,27-/m1/s1. The van der Waals surface area contributed by atoms with Crippen LogP contribution in [0.2, 0.25) is 5.02 Å². The zero-order chi connectivity index (χ0) is 32.2. The van der Waals surface area contributed by atoms with Crippen molar-refractivity contribution in [3.05, 3.63) is 70.0 Å². The third-order valence-electron chi connectivity index (χ3n) is 7.36. The fourth-order valence-corrected chi connectivity index (χ4v) is 5.36. The van der Waals surface area contributed by atoms with E-state index in [4.69, 9.17) is 30.9 Å². The van der Waals surface area contributed by atoms with Crippen LogP contribution in [0.25, 0.3) is 0 Å². The van der Waals surface area contributed by atoms with Crippen LogP contribution in [0.4, 0.5) is 5.69 Å². The number of nitrogens with zero attached hydrogens (tertiary/aromatic N) is 3. The number of para-hydroxylation sites is 1. The molecule has 236 valence electrons. The molecule has 1 aliphatic heterocycles. The number of carboxylic acids is 2. The van der Waals surface area contributed by atoms with Gasteiger partial charge in [0.2, 0.25) is 0 Å². The van der Waals surface area contributed by atoms with Gasteiger partial charge in [-0.25, -0.2) is 4.79 Å². The first-order chi connectivity index (χ1) is 20.9. The Bertz CT molecular complexity index is 1540. The van der Waals surface area contributed by atoms with Crippen molar-refractivity contribution < 1.29 is 43.9 Å². The second-order valence-corrected chi connectivity index (χ2v) is 11.7. The van der Waals surface area contributed by atoms with Crippen molar-refractivity contribution in [1.82, 2.24) is 9.78 Å². The van der Waals surface area contributed by atoms with Crippen LogP contribution in [0.15, 0.2) is 42.6 Å². The average Bonchev–Trinajstić information content (AvgIpc) is 3.35. The highest BCUT2D eigenvalue weighted by atomic mass is 35.5. The highest BCUT2D eigenvalue weighted by Crippen LogP contribution is 2.45. The number of rotatable bonds is 13. The van der Waals surface area contributed by atoms with E-state index in [0.29, 0.717) is 33.3 Å². The summed E-state index contributed by atoms with van der Waals surface area (Å²) in [7, 11) is 3.00. The van der Waals surface area contributed by atoms with Gasteiger partial charge >= 0.3 is 11.9 Å². The molecule has 0 saturated carbocycles. The van der Waals surface area contributed by atoms with Gasteiger partial charge in [-0.1, -0.05) is 37.6 Å². The maximum Gasteiger partial charge on any atom is 0.339 e. The van der Waals surface area contributed by atoms with Gasteiger partial charge in [-0.2, -0.15) is 5.10 Å². The first-order valence-electron chi connectivity index (χ1n) is 14.0. The van der Waals surface area contributed by atoms with E-state index in [1.54, 1.807) is 36.4 Å². The summed E-state index contributed by atoms with van der Waals surface area (Å²) < 4.78 is 19.2. The van der Waals surface area contributed by atoms with Crippen molar-refractivity contribution in [3.8, 4) is 11.5 Å². The number of methoxy groups -OCH3 is 2. The Labute approximate surface area is 259 Å². The third kappa shape index (κ3) is 7.15. The van der Waals surface area contributed by atoms with Crippen LogP contribution in [-0.2, 0) is 27.3 Å². The molecule has 1 amide bonds. The number of ether oxygens (including phenoxy) is 3. The Morgan fingerprint density at radius 1 is 1.11 bits per heavy atom. The van der Waals surface area contributed by atoms with Gasteiger partial charge in [0.1, 0.15) is 17.8 Å². The Kier molecular flexibility index (Phi) is 10.2. The summed E-state index contributed by atoms with van der Waals surface area (Å²) in [6.07, 6.45) is -0.876. The third-order valence-corrected chi connectivity index (χ3v) is 7.59.